The Morgan fingerprint density at radius 1 is 1.45 bits per heavy atom. The summed E-state index contributed by atoms with van der Waals surface area (Å²) in [7, 11) is -2.13. The van der Waals surface area contributed by atoms with E-state index in [-0.39, 0.29) is 30.0 Å². The first-order valence-corrected chi connectivity index (χ1v) is 8.32. The Bertz CT molecular complexity index is 530. The largest absolute Gasteiger partial charge is 0.395 e. The first-order chi connectivity index (χ1) is 9.48. The van der Waals surface area contributed by atoms with Crippen LogP contribution in [0.15, 0.2) is 11.4 Å². The van der Waals surface area contributed by atoms with Gasteiger partial charge in [0.1, 0.15) is 0 Å². The molecule has 8 heteroatoms. The first kappa shape index (κ1) is 15.3. The lowest BCUT2D eigenvalue weighted by molar-refractivity contribution is 0.199. The third-order valence-corrected chi connectivity index (χ3v) is 5.85. The highest BCUT2D eigenvalue weighted by Gasteiger charge is 2.35. The van der Waals surface area contributed by atoms with E-state index in [1.165, 1.54) is 15.2 Å². The van der Waals surface area contributed by atoms with E-state index < -0.39 is 10.0 Å². The summed E-state index contributed by atoms with van der Waals surface area (Å²) in [4.78, 5) is 3.84. The molecule has 1 heterocycles. The van der Waals surface area contributed by atoms with E-state index in [0.29, 0.717) is 0 Å². The highest BCUT2D eigenvalue weighted by Crippen LogP contribution is 2.29. The van der Waals surface area contributed by atoms with Crippen molar-refractivity contribution < 1.29 is 13.5 Å². The molecule has 1 aliphatic carbocycles. The molecule has 20 heavy (non-hydrogen) atoms. The van der Waals surface area contributed by atoms with Gasteiger partial charge in [-0.25, -0.2) is 13.4 Å². The number of nitrogen functional groups attached to an aromatic ring is 1. The van der Waals surface area contributed by atoms with Gasteiger partial charge in [0.25, 0.3) is 10.0 Å². The third kappa shape index (κ3) is 2.82. The van der Waals surface area contributed by atoms with Crippen molar-refractivity contribution in [2.45, 2.75) is 43.2 Å². The number of aromatic nitrogens is 2. The van der Waals surface area contributed by atoms with E-state index in [0.717, 1.165) is 32.1 Å². The predicted octanol–water partition coefficient (Wildman–Crippen LogP) is 0.318. The number of aryl methyl sites for hydroxylation is 1. The molecule has 0 aromatic carbocycles. The van der Waals surface area contributed by atoms with Crippen molar-refractivity contribution in [3.63, 3.8) is 0 Å². The number of nitrogens with two attached hydrogens (primary N) is 1. The smallest absolute Gasteiger partial charge is 0.262 e. The standard InChI is InChI=1S/C12H22N4O3S/c1-15-9-14-11(13)12(15)20(18,19)16(7-8-17)10-5-3-2-4-6-10/h9-10,17H,2-8,13H2,1H3. The van der Waals surface area contributed by atoms with Crippen LogP contribution in [0, 0.1) is 0 Å². The summed E-state index contributed by atoms with van der Waals surface area (Å²) in [6.45, 7) is -0.106. The number of aliphatic hydroxyl groups excluding tert-OH is 1. The molecule has 0 bridgehead atoms. The SMILES string of the molecule is Cn1cnc(N)c1S(=O)(=O)N(CCO)C1CCCCC1. The van der Waals surface area contributed by atoms with Gasteiger partial charge in [0, 0.05) is 19.6 Å². The molecule has 1 saturated carbocycles. The van der Waals surface area contributed by atoms with Crippen LogP contribution in [0.5, 0.6) is 0 Å². The Morgan fingerprint density at radius 3 is 2.60 bits per heavy atom. The van der Waals surface area contributed by atoms with Crippen molar-refractivity contribution in [1.29, 1.82) is 0 Å². The average Bonchev–Trinajstić information content (AvgIpc) is 2.77. The number of hydrogen-bond donors (Lipinski definition) is 2. The first-order valence-electron chi connectivity index (χ1n) is 6.88. The van der Waals surface area contributed by atoms with Gasteiger partial charge in [-0.3, -0.25) is 0 Å². The lowest BCUT2D eigenvalue weighted by Crippen LogP contribution is -2.43. The molecule has 0 saturated heterocycles. The fraction of sp³-hybridized carbons (Fsp3) is 0.750. The summed E-state index contributed by atoms with van der Waals surface area (Å²) in [5, 5.41) is 9.22. The summed E-state index contributed by atoms with van der Waals surface area (Å²) < 4.78 is 28.4. The maximum absolute atomic E-state index is 12.8. The molecule has 1 aromatic heterocycles. The minimum Gasteiger partial charge on any atom is -0.395 e. The van der Waals surface area contributed by atoms with Crippen LogP contribution in [0.25, 0.3) is 0 Å². The van der Waals surface area contributed by atoms with Crippen molar-refractivity contribution in [3.05, 3.63) is 6.33 Å². The Kier molecular flexibility index (Phi) is 4.66. The Balaban J connectivity index is 2.36. The van der Waals surface area contributed by atoms with Crippen LogP contribution in [-0.4, -0.2) is 46.6 Å². The van der Waals surface area contributed by atoms with E-state index in [2.05, 4.69) is 4.98 Å². The van der Waals surface area contributed by atoms with Crippen molar-refractivity contribution in [2.75, 3.05) is 18.9 Å². The topological polar surface area (TPSA) is 101 Å². The lowest BCUT2D eigenvalue weighted by Gasteiger charge is -2.32. The second-order valence-corrected chi connectivity index (χ2v) is 6.98. The van der Waals surface area contributed by atoms with E-state index in [1.54, 1.807) is 7.05 Å². The molecule has 0 spiro atoms. The number of aliphatic hydroxyl groups is 1. The summed E-state index contributed by atoms with van der Waals surface area (Å²) in [6.07, 6.45) is 6.22. The lowest BCUT2D eigenvalue weighted by atomic mass is 9.95. The molecule has 0 amide bonds. The van der Waals surface area contributed by atoms with E-state index in [1.807, 2.05) is 0 Å². The van der Waals surface area contributed by atoms with E-state index >= 15 is 0 Å². The van der Waals surface area contributed by atoms with Crippen molar-refractivity contribution in [2.24, 2.45) is 7.05 Å². The van der Waals surface area contributed by atoms with Gasteiger partial charge in [0.05, 0.1) is 12.9 Å². The molecule has 114 valence electrons. The van der Waals surface area contributed by atoms with Crippen LogP contribution in [0.3, 0.4) is 0 Å². The maximum Gasteiger partial charge on any atom is 0.262 e. The molecular weight excluding hydrogens is 280 g/mol. The minimum absolute atomic E-state index is 0.00579. The highest BCUT2D eigenvalue weighted by atomic mass is 32.2. The predicted molar refractivity (Wildman–Crippen MR) is 75.5 cm³/mol. The van der Waals surface area contributed by atoms with Gasteiger partial charge < -0.3 is 15.4 Å². The van der Waals surface area contributed by atoms with Crippen LogP contribution in [0.4, 0.5) is 5.82 Å². The van der Waals surface area contributed by atoms with Gasteiger partial charge in [-0.15, -0.1) is 0 Å². The van der Waals surface area contributed by atoms with Crippen LogP contribution in [0.2, 0.25) is 0 Å². The number of anilines is 1. The van der Waals surface area contributed by atoms with Crippen LogP contribution >= 0.6 is 0 Å². The van der Waals surface area contributed by atoms with Gasteiger partial charge in [0.2, 0.25) is 0 Å². The third-order valence-electron chi connectivity index (χ3n) is 3.76. The molecule has 0 aliphatic heterocycles. The van der Waals surface area contributed by atoms with Gasteiger partial charge >= 0.3 is 0 Å². The number of sulfonamides is 1. The molecule has 0 radical (unpaired) electrons. The molecule has 1 fully saturated rings. The van der Waals surface area contributed by atoms with Crippen molar-refractivity contribution in [1.82, 2.24) is 13.9 Å². The molecule has 2 rings (SSSR count). The fourth-order valence-corrected chi connectivity index (χ4v) is 4.70. The number of nitrogens with zero attached hydrogens (tertiary/aromatic N) is 3. The van der Waals surface area contributed by atoms with E-state index in [4.69, 9.17) is 5.73 Å². The van der Waals surface area contributed by atoms with Crippen LogP contribution in [-0.2, 0) is 17.1 Å². The molecule has 1 aromatic rings. The Hall–Kier alpha value is -1.12. The van der Waals surface area contributed by atoms with Gasteiger partial charge in [-0.05, 0) is 12.8 Å². The summed E-state index contributed by atoms with van der Waals surface area (Å²) in [5.41, 5.74) is 5.69. The Morgan fingerprint density at radius 2 is 2.10 bits per heavy atom. The maximum atomic E-state index is 12.8. The average molecular weight is 302 g/mol. The molecule has 0 unspecified atom stereocenters. The van der Waals surface area contributed by atoms with Crippen LogP contribution < -0.4 is 5.73 Å². The highest BCUT2D eigenvalue weighted by molar-refractivity contribution is 7.89. The number of imidazole rings is 1. The second kappa shape index (κ2) is 6.11. The van der Waals surface area contributed by atoms with Crippen LogP contribution in [0.1, 0.15) is 32.1 Å². The summed E-state index contributed by atoms with van der Waals surface area (Å²) >= 11 is 0. The van der Waals surface area contributed by atoms with Gasteiger partial charge in [0.15, 0.2) is 10.8 Å². The van der Waals surface area contributed by atoms with Gasteiger partial charge in [-0.2, -0.15) is 4.31 Å². The zero-order chi connectivity index (χ0) is 14.8. The minimum atomic E-state index is -3.73. The molecular formula is C12H22N4O3S. The van der Waals surface area contributed by atoms with E-state index in [9.17, 15) is 13.5 Å². The number of rotatable bonds is 5. The summed E-state index contributed by atoms with van der Waals surface area (Å²) in [5.74, 6) is 0.00579. The van der Waals surface area contributed by atoms with Crippen molar-refractivity contribution in [3.8, 4) is 0 Å². The van der Waals surface area contributed by atoms with Gasteiger partial charge in [-0.1, -0.05) is 19.3 Å². The quantitative estimate of drug-likeness (QED) is 0.815. The monoisotopic (exact) mass is 302 g/mol. The zero-order valence-corrected chi connectivity index (χ0v) is 12.5. The second-order valence-electron chi connectivity index (χ2n) is 5.18. The molecule has 7 nitrogen and oxygen atoms in total. The Labute approximate surface area is 119 Å². The zero-order valence-electron chi connectivity index (χ0n) is 11.7. The molecule has 1 aliphatic rings. The number of hydrogen-bond acceptors (Lipinski definition) is 5. The fourth-order valence-electron chi connectivity index (χ4n) is 2.83. The normalized spacial score (nSPS) is 17.8. The molecule has 0 atom stereocenters. The summed E-state index contributed by atoms with van der Waals surface area (Å²) in [6, 6.07) is -0.0600. The van der Waals surface area contributed by atoms with Crippen molar-refractivity contribution >= 4 is 15.8 Å². The molecule has 3 N–H and O–H groups in total.